The van der Waals surface area contributed by atoms with Crippen molar-refractivity contribution in [3.8, 4) is 5.75 Å². The molecule has 1 aromatic carbocycles. The molecule has 0 aliphatic heterocycles. The number of carboxylic acid groups (broad SMARTS) is 1. The molecule has 11 nitrogen and oxygen atoms in total. The number of carbonyl (C=O) groups is 4. The predicted octanol–water partition coefficient (Wildman–Crippen LogP) is -0.409. The van der Waals surface area contributed by atoms with E-state index in [1.54, 1.807) is 26.0 Å². The highest BCUT2D eigenvalue weighted by atomic mass is 32.2. The Bertz CT molecular complexity index is 864. The highest BCUT2D eigenvalue weighted by molar-refractivity contribution is 7.98. The van der Waals surface area contributed by atoms with Gasteiger partial charge in [-0.3, -0.25) is 14.4 Å². The number of benzene rings is 1. The van der Waals surface area contributed by atoms with Crippen LogP contribution in [0.1, 0.15) is 32.8 Å². The second-order valence-corrected chi connectivity index (χ2v) is 9.60. The number of aromatic hydroxyl groups is 1. The summed E-state index contributed by atoms with van der Waals surface area (Å²) in [5.74, 6) is -3.08. The largest absolute Gasteiger partial charge is 0.508 e. The minimum Gasteiger partial charge on any atom is -0.508 e. The minimum absolute atomic E-state index is 0.0894. The first-order valence-electron chi connectivity index (χ1n) is 11.2. The van der Waals surface area contributed by atoms with Crippen LogP contribution in [0.5, 0.6) is 5.75 Å². The van der Waals surface area contributed by atoms with Gasteiger partial charge in [0.05, 0.1) is 12.1 Å². The molecule has 0 saturated carbocycles. The van der Waals surface area contributed by atoms with Crippen molar-refractivity contribution in [1.82, 2.24) is 16.0 Å². The van der Waals surface area contributed by atoms with Crippen LogP contribution in [0.2, 0.25) is 0 Å². The van der Waals surface area contributed by atoms with Crippen molar-refractivity contribution in [2.75, 3.05) is 12.0 Å². The molecule has 0 saturated heterocycles. The molecule has 0 aliphatic rings. The number of amides is 3. The highest BCUT2D eigenvalue weighted by Gasteiger charge is 2.32. The molecule has 0 fully saturated rings. The zero-order valence-corrected chi connectivity index (χ0v) is 21.2. The average molecular weight is 513 g/mol. The number of nitrogens with one attached hydrogen (secondary N) is 3. The van der Waals surface area contributed by atoms with E-state index < -0.39 is 54.0 Å². The van der Waals surface area contributed by atoms with E-state index in [4.69, 9.17) is 5.73 Å². The maximum absolute atomic E-state index is 13.0. The predicted molar refractivity (Wildman–Crippen MR) is 133 cm³/mol. The molecule has 8 N–H and O–H groups in total. The molecule has 0 radical (unpaired) electrons. The van der Waals surface area contributed by atoms with Crippen molar-refractivity contribution in [3.05, 3.63) is 29.8 Å². The van der Waals surface area contributed by atoms with Gasteiger partial charge in [-0.15, -0.1) is 0 Å². The number of carboxylic acids is 1. The van der Waals surface area contributed by atoms with Gasteiger partial charge in [0.15, 0.2) is 6.04 Å². The average Bonchev–Trinajstić information content (AvgIpc) is 2.78. The Hall–Kier alpha value is -2.83. The van der Waals surface area contributed by atoms with E-state index in [0.717, 1.165) is 5.56 Å². The number of aliphatic carboxylic acids is 1. The second kappa shape index (κ2) is 14.5. The first-order valence-corrected chi connectivity index (χ1v) is 12.6. The summed E-state index contributed by atoms with van der Waals surface area (Å²) >= 11 is 1.44. The molecule has 0 heterocycles. The number of carbonyl (C=O) groups excluding carboxylic acids is 3. The fraction of sp³-hybridized carbons (Fsp3) is 0.565. The number of hydrogen-bond donors (Lipinski definition) is 7. The fourth-order valence-electron chi connectivity index (χ4n) is 3.18. The van der Waals surface area contributed by atoms with Crippen LogP contribution in [0.25, 0.3) is 0 Å². The Kier molecular flexibility index (Phi) is 12.5. The Morgan fingerprint density at radius 1 is 0.943 bits per heavy atom. The number of phenolic OH excluding ortho intramolecular Hbond substituents is 1. The molecule has 0 bridgehead atoms. The van der Waals surface area contributed by atoms with Gasteiger partial charge in [-0.05, 0) is 55.4 Å². The standard InChI is InChI=1S/C23H36N4O7S/c1-12(2)18(26-20(30)16(24)11-14-5-7-15(29)8-6-14)22(32)25-17(9-10-35-4)21(31)27-19(13(3)28)23(33)34/h5-8,12-13,16-19,28-29H,9-11,24H2,1-4H3,(H,25,32)(H,26,30)(H,27,31)(H,33,34). The fourth-order valence-corrected chi connectivity index (χ4v) is 3.65. The molecular weight excluding hydrogens is 476 g/mol. The molecule has 5 atom stereocenters. The summed E-state index contributed by atoms with van der Waals surface area (Å²) in [6.45, 7) is 4.68. The monoisotopic (exact) mass is 512 g/mol. The third-order valence-corrected chi connectivity index (χ3v) is 5.91. The smallest absolute Gasteiger partial charge is 0.328 e. The number of nitrogens with two attached hydrogens (primary N) is 1. The van der Waals surface area contributed by atoms with E-state index in [0.29, 0.717) is 5.75 Å². The molecule has 1 aromatic rings. The summed E-state index contributed by atoms with van der Waals surface area (Å²) in [6.07, 6.45) is 0.877. The Labute approximate surface area is 209 Å². The SMILES string of the molecule is CSCCC(NC(=O)C(NC(=O)C(N)Cc1ccc(O)cc1)C(C)C)C(=O)NC(C(=O)O)C(C)O. The van der Waals surface area contributed by atoms with Gasteiger partial charge in [0.25, 0.3) is 0 Å². The zero-order chi connectivity index (χ0) is 26.7. The normalized spacial score (nSPS) is 15.4. The molecule has 0 spiro atoms. The molecule has 3 amide bonds. The summed E-state index contributed by atoms with van der Waals surface area (Å²) in [5, 5.41) is 35.7. The van der Waals surface area contributed by atoms with Crippen LogP contribution in [0.4, 0.5) is 0 Å². The quantitative estimate of drug-likeness (QED) is 0.174. The number of thioether (sulfide) groups is 1. The molecule has 0 aliphatic carbocycles. The van der Waals surface area contributed by atoms with Crippen molar-refractivity contribution >= 4 is 35.5 Å². The third kappa shape index (κ3) is 10.1. The topological polar surface area (TPSA) is 191 Å². The van der Waals surface area contributed by atoms with Crippen LogP contribution in [-0.4, -0.2) is 81.3 Å². The number of aliphatic hydroxyl groups excluding tert-OH is 1. The summed E-state index contributed by atoms with van der Waals surface area (Å²) in [4.78, 5) is 49.7. The highest BCUT2D eigenvalue weighted by Crippen LogP contribution is 2.12. The van der Waals surface area contributed by atoms with Crippen LogP contribution in [0, 0.1) is 5.92 Å². The lowest BCUT2D eigenvalue weighted by Gasteiger charge is -2.27. The molecule has 1 rings (SSSR count). The van der Waals surface area contributed by atoms with E-state index in [1.165, 1.54) is 30.8 Å². The van der Waals surface area contributed by atoms with Gasteiger partial charge in [0.1, 0.15) is 17.8 Å². The molecule has 12 heteroatoms. The lowest BCUT2D eigenvalue weighted by atomic mass is 10.0. The number of hydrogen-bond acceptors (Lipinski definition) is 8. The van der Waals surface area contributed by atoms with Gasteiger partial charge < -0.3 is 37.0 Å². The molecule has 35 heavy (non-hydrogen) atoms. The molecule has 5 unspecified atom stereocenters. The third-order valence-electron chi connectivity index (χ3n) is 5.27. The number of phenols is 1. The molecule has 0 aromatic heterocycles. The summed E-state index contributed by atoms with van der Waals surface area (Å²) in [7, 11) is 0. The summed E-state index contributed by atoms with van der Waals surface area (Å²) in [6, 6.07) is 1.70. The van der Waals surface area contributed by atoms with Crippen molar-refractivity contribution in [2.24, 2.45) is 11.7 Å². The summed E-state index contributed by atoms with van der Waals surface area (Å²) in [5.41, 5.74) is 6.74. The number of aliphatic hydroxyl groups is 1. The van der Waals surface area contributed by atoms with E-state index in [1.807, 2.05) is 6.26 Å². The van der Waals surface area contributed by atoms with Gasteiger partial charge in [0.2, 0.25) is 17.7 Å². The van der Waals surface area contributed by atoms with E-state index in [2.05, 4.69) is 16.0 Å². The number of rotatable bonds is 14. The minimum atomic E-state index is -1.53. The summed E-state index contributed by atoms with van der Waals surface area (Å²) < 4.78 is 0. The van der Waals surface area contributed by atoms with E-state index in [9.17, 15) is 34.5 Å². The van der Waals surface area contributed by atoms with Crippen LogP contribution < -0.4 is 21.7 Å². The van der Waals surface area contributed by atoms with Crippen molar-refractivity contribution in [3.63, 3.8) is 0 Å². The maximum atomic E-state index is 13.0. The van der Waals surface area contributed by atoms with Gasteiger partial charge in [-0.2, -0.15) is 11.8 Å². The van der Waals surface area contributed by atoms with Crippen LogP contribution >= 0.6 is 11.8 Å². The van der Waals surface area contributed by atoms with Crippen molar-refractivity contribution in [1.29, 1.82) is 0 Å². The Morgan fingerprint density at radius 3 is 2.00 bits per heavy atom. The van der Waals surface area contributed by atoms with Crippen molar-refractivity contribution in [2.45, 2.75) is 63.9 Å². The second-order valence-electron chi connectivity index (χ2n) is 8.62. The molecular formula is C23H36N4O7S. The van der Waals surface area contributed by atoms with Crippen LogP contribution in [-0.2, 0) is 25.6 Å². The van der Waals surface area contributed by atoms with Gasteiger partial charge >= 0.3 is 5.97 Å². The zero-order valence-electron chi connectivity index (χ0n) is 20.4. The van der Waals surface area contributed by atoms with Crippen molar-refractivity contribution < 1.29 is 34.5 Å². The first kappa shape index (κ1) is 30.2. The molecule has 196 valence electrons. The first-order chi connectivity index (χ1) is 16.4. The van der Waals surface area contributed by atoms with E-state index >= 15 is 0 Å². The lowest BCUT2D eigenvalue weighted by Crippen LogP contribution is -2.59. The Balaban J connectivity index is 2.90. The van der Waals surface area contributed by atoms with E-state index in [-0.39, 0.29) is 24.5 Å². The Morgan fingerprint density at radius 2 is 1.51 bits per heavy atom. The maximum Gasteiger partial charge on any atom is 0.328 e. The van der Waals surface area contributed by atoms with Crippen LogP contribution in [0.15, 0.2) is 24.3 Å². The van der Waals surface area contributed by atoms with Gasteiger partial charge in [-0.1, -0.05) is 26.0 Å². The van der Waals surface area contributed by atoms with Gasteiger partial charge in [-0.25, -0.2) is 4.79 Å². The van der Waals surface area contributed by atoms with Gasteiger partial charge in [0, 0.05) is 0 Å². The van der Waals surface area contributed by atoms with Crippen LogP contribution in [0.3, 0.4) is 0 Å². The lowest BCUT2D eigenvalue weighted by molar-refractivity contribution is -0.145.